The molecule has 1 fully saturated rings. The van der Waals surface area contributed by atoms with Crippen LogP contribution in [0.3, 0.4) is 0 Å². The topological polar surface area (TPSA) is 18.5 Å². The van der Waals surface area contributed by atoms with Crippen LogP contribution in [0.4, 0.5) is 5.69 Å². The van der Waals surface area contributed by atoms with Gasteiger partial charge in [0.2, 0.25) is 0 Å². The van der Waals surface area contributed by atoms with Crippen molar-refractivity contribution in [2.24, 2.45) is 0 Å². The van der Waals surface area contributed by atoms with Gasteiger partial charge in [0.15, 0.2) is 0 Å². The van der Waals surface area contributed by atoms with Gasteiger partial charge < -0.3 is 5.32 Å². The van der Waals surface area contributed by atoms with Crippen LogP contribution in [0.15, 0.2) is 24.3 Å². The van der Waals surface area contributed by atoms with Gasteiger partial charge >= 0.3 is 0 Å². The molecule has 1 N–H and O–H groups in total. The molecular formula is C15H24ClN3. The number of nitrogens with one attached hydrogen (secondary N) is 1. The molecule has 1 saturated heterocycles. The molecule has 0 bridgehead atoms. The molecule has 0 saturated carbocycles. The molecule has 1 aliphatic rings. The Kier molecular flexibility index (Phi) is 5.49. The Morgan fingerprint density at radius 1 is 1.16 bits per heavy atom. The van der Waals surface area contributed by atoms with Gasteiger partial charge in [0.1, 0.15) is 0 Å². The van der Waals surface area contributed by atoms with Crippen LogP contribution in [0, 0.1) is 0 Å². The van der Waals surface area contributed by atoms with Gasteiger partial charge in [-0.2, -0.15) is 0 Å². The first-order chi connectivity index (χ1) is 9.16. The van der Waals surface area contributed by atoms with E-state index in [-0.39, 0.29) is 0 Å². The highest BCUT2D eigenvalue weighted by atomic mass is 35.5. The van der Waals surface area contributed by atoms with Gasteiger partial charge in [-0.05, 0) is 26.0 Å². The van der Waals surface area contributed by atoms with Crippen LogP contribution in [-0.4, -0.2) is 55.1 Å². The number of hydrogen-bond donors (Lipinski definition) is 1. The van der Waals surface area contributed by atoms with Crippen molar-refractivity contribution in [1.82, 2.24) is 9.80 Å². The summed E-state index contributed by atoms with van der Waals surface area (Å²) in [5.41, 5.74) is 1.03. The maximum Gasteiger partial charge on any atom is 0.0637 e. The number of anilines is 1. The van der Waals surface area contributed by atoms with E-state index in [0.717, 1.165) is 23.8 Å². The lowest BCUT2D eigenvalue weighted by molar-refractivity contribution is 0.111. The summed E-state index contributed by atoms with van der Waals surface area (Å²) in [6.45, 7) is 11.3. The molecule has 2 rings (SSSR count). The quantitative estimate of drug-likeness (QED) is 0.895. The van der Waals surface area contributed by atoms with E-state index in [4.69, 9.17) is 11.6 Å². The highest BCUT2D eigenvalue weighted by Gasteiger charge is 2.17. The Hall–Kier alpha value is -0.770. The molecule has 19 heavy (non-hydrogen) atoms. The summed E-state index contributed by atoms with van der Waals surface area (Å²) in [6, 6.07) is 8.59. The molecule has 0 aliphatic carbocycles. The Balaban J connectivity index is 1.69. The number of benzene rings is 1. The lowest BCUT2D eigenvalue weighted by Gasteiger charge is -2.36. The molecule has 0 atom stereocenters. The summed E-state index contributed by atoms with van der Waals surface area (Å²) < 4.78 is 0. The summed E-state index contributed by atoms with van der Waals surface area (Å²) in [4.78, 5) is 5.06. The smallest absolute Gasteiger partial charge is 0.0637 e. The second kappa shape index (κ2) is 7.13. The van der Waals surface area contributed by atoms with Crippen LogP contribution in [-0.2, 0) is 0 Å². The van der Waals surface area contributed by atoms with E-state index >= 15 is 0 Å². The highest BCUT2D eigenvalue weighted by molar-refractivity contribution is 6.33. The molecule has 0 radical (unpaired) electrons. The van der Waals surface area contributed by atoms with Crippen LogP contribution in [0.1, 0.15) is 13.8 Å². The zero-order chi connectivity index (χ0) is 13.7. The Labute approximate surface area is 121 Å². The average molecular weight is 282 g/mol. The average Bonchev–Trinajstić information content (AvgIpc) is 2.41. The fourth-order valence-corrected chi connectivity index (χ4v) is 2.66. The van der Waals surface area contributed by atoms with Crippen LogP contribution in [0.25, 0.3) is 0 Å². The van der Waals surface area contributed by atoms with E-state index in [0.29, 0.717) is 6.04 Å². The predicted molar refractivity (Wildman–Crippen MR) is 83.1 cm³/mol. The number of halogens is 1. The molecule has 1 aromatic rings. The molecule has 1 aliphatic heterocycles. The fraction of sp³-hybridized carbons (Fsp3) is 0.600. The second-order valence-corrected chi connectivity index (χ2v) is 5.79. The summed E-state index contributed by atoms with van der Waals surface area (Å²) in [5, 5.41) is 4.21. The van der Waals surface area contributed by atoms with Gasteiger partial charge in [-0.3, -0.25) is 9.80 Å². The van der Waals surface area contributed by atoms with Crippen molar-refractivity contribution in [1.29, 1.82) is 0 Å². The zero-order valence-electron chi connectivity index (χ0n) is 11.9. The molecule has 0 spiro atoms. The van der Waals surface area contributed by atoms with Crippen LogP contribution < -0.4 is 5.32 Å². The third-order valence-electron chi connectivity index (χ3n) is 3.75. The number of rotatable bonds is 5. The minimum absolute atomic E-state index is 0.670. The molecule has 106 valence electrons. The monoisotopic (exact) mass is 281 g/mol. The van der Waals surface area contributed by atoms with Gasteiger partial charge in [0, 0.05) is 45.3 Å². The van der Waals surface area contributed by atoms with Crippen LogP contribution >= 0.6 is 11.6 Å². The summed E-state index contributed by atoms with van der Waals surface area (Å²) in [7, 11) is 0. The van der Waals surface area contributed by atoms with Crippen molar-refractivity contribution >= 4 is 17.3 Å². The van der Waals surface area contributed by atoms with Gasteiger partial charge in [0.25, 0.3) is 0 Å². The first-order valence-electron chi connectivity index (χ1n) is 7.11. The van der Waals surface area contributed by atoms with E-state index in [1.807, 2.05) is 24.3 Å². The number of hydrogen-bond acceptors (Lipinski definition) is 3. The lowest BCUT2D eigenvalue weighted by atomic mass is 10.2. The van der Waals surface area contributed by atoms with E-state index in [9.17, 15) is 0 Å². The summed E-state index contributed by atoms with van der Waals surface area (Å²) in [6.07, 6.45) is 0. The molecule has 1 heterocycles. The maximum absolute atomic E-state index is 6.12. The van der Waals surface area contributed by atoms with Crippen molar-refractivity contribution < 1.29 is 0 Å². The van der Waals surface area contributed by atoms with Crippen molar-refractivity contribution in [2.75, 3.05) is 44.6 Å². The van der Waals surface area contributed by atoms with E-state index in [1.165, 1.54) is 26.2 Å². The lowest BCUT2D eigenvalue weighted by Crippen LogP contribution is -2.49. The summed E-state index contributed by atoms with van der Waals surface area (Å²) in [5.74, 6) is 0. The van der Waals surface area contributed by atoms with Crippen molar-refractivity contribution in [2.45, 2.75) is 19.9 Å². The summed E-state index contributed by atoms with van der Waals surface area (Å²) >= 11 is 6.12. The molecule has 3 nitrogen and oxygen atoms in total. The first kappa shape index (κ1) is 14.6. The normalized spacial score (nSPS) is 17.9. The molecule has 0 amide bonds. The molecule has 1 aromatic carbocycles. The van der Waals surface area contributed by atoms with E-state index in [2.05, 4.69) is 29.0 Å². The molecule has 4 heteroatoms. The standard InChI is InChI=1S/C15H24ClN3/c1-13(2)19-11-9-18(10-12-19)8-7-17-15-6-4-3-5-14(15)16/h3-6,13,17H,7-12H2,1-2H3. The van der Waals surface area contributed by atoms with Gasteiger partial charge in [0.05, 0.1) is 10.7 Å². The minimum atomic E-state index is 0.670. The molecule has 0 unspecified atom stereocenters. The second-order valence-electron chi connectivity index (χ2n) is 5.38. The van der Waals surface area contributed by atoms with Gasteiger partial charge in [-0.1, -0.05) is 23.7 Å². The van der Waals surface area contributed by atoms with E-state index in [1.54, 1.807) is 0 Å². The van der Waals surface area contributed by atoms with E-state index < -0.39 is 0 Å². The number of piperazine rings is 1. The van der Waals surface area contributed by atoms with Gasteiger partial charge in [-0.25, -0.2) is 0 Å². The Morgan fingerprint density at radius 2 is 1.84 bits per heavy atom. The Bertz CT molecular complexity index is 387. The van der Waals surface area contributed by atoms with Crippen LogP contribution in [0.2, 0.25) is 5.02 Å². The van der Waals surface area contributed by atoms with Crippen LogP contribution in [0.5, 0.6) is 0 Å². The van der Waals surface area contributed by atoms with Crippen molar-refractivity contribution in [3.63, 3.8) is 0 Å². The fourth-order valence-electron chi connectivity index (χ4n) is 2.46. The highest BCUT2D eigenvalue weighted by Crippen LogP contribution is 2.19. The zero-order valence-corrected chi connectivity index (χ0v) is 12.7. The minimum Gasteiger partial charge on any atom is -0.383 e. The number of para-hydroxylation sites is 1. The molecular weight excluding hydrogens is 258 g/mol. The first-order valence-corrected chi connectivity index (χ1v) is 7.49. The largest absolute Gasteiger partial charge is 0.383 e. The number of nitrogens with zero attached hydrogens (tertiary/aromatic N) is 2. The van der Waals surface area contributed by atoms with Crippen molar-refractivity contribution in [3.8, 4) is 0 Å². The maximum atomic E-state index is 6.12. The molecule has 0 aromatic heterocycles. The Morgan fingerprint density at radius 3 is 2.47 bits per heavy atom. The third kappa shape index (κ3) is 4.37. The third-order valence-corrected chi connectivity index (χ3v) is 4.08. The van der Waals surface area contributed by atoms with Gasteiger partial charge in [-0.15, -0.1) is 0 Å². The SMILES string of the molecule is CC(C)N1CCN(CCNc2ccccc2Cl)CC1. The van der Waals surface area contributed by atoms with Crippen molar-refractivity contribution in [3.05, 3.63) is 29.3 Å². The predicted octanol–water partition coefficient (Wildman–Crippen LogP) is 2.78.